The molecule has 1 saturated heterocycles. The molecule has 10 heteroatoms. The van der Waals surface area contributed by atoms with Gasteiger partial charge in [0.25, 0.3) is 0 Å². The molecule has 0 radical (unpaired) electrons. The topological polar surface area (TPSA) is 127 Å². The molecule has 2 aliphatic heterocycles. The third-order valence-electron chi connectivity index (χ3n) is 7.18. The van der Waals surface area contributed by atoms with E-state index in [2.05, 4.69) is 58.4 Å². The Morgan fingerprint density at radius 3 is 2.10 bits per heavy atom. The number of likely N-dealkylation sites (tertiary alicyclic amines) is 1. The molecule has 2 aromatic rings. The number of para-hydroxylation sites is 1. The number of likely N-dealkylation sites (N-methyl/N-ethyl adjacent to an activating group) is 1. The van der Waals surface area contributed by atoms with E-state index in [1.807, 2.05) is 25.1 Å². The minimum absolute atomic E-state index is 0.209. The van der Waals surface area contributed by atoms with Gasteiger partial charge in [-0.3, -0.25) is 9.69 Å². The number of aliphatic carboxylic acids is 2. The number of amides is 1. The molecular weight excluding hydrogens is 520 g/mol. The molecule has 1 amide bonds. The van der Waals surface area contributed by atoms with Crippen molar-refractivity contribution in [1.82, 2.24) is 9.80 Å². The summed E-state index contributed by atoms with van der Waals surface area (Å²) in [5.74, 6) is -2.72. The van der Waals surface area contributed by atoms with E-state index in [9.17, 15) is 14.4 Å². The van der Waals surface area contributed by atoms with Crippen molar-refractivity contribution in [2.45, 2.75) is 24.8 Å². The number of hydrogen-bond acceptors (Lipinski definition) is 6. The van der Waals surface area contributed by atoms with Crippen LogP contribution in [0.2, 0.25) is 5.02 Å². The van der Waals surface area contributed by atoms with Gasteiger partial charge < -0.3 is 25.7 Å². The number of nitrogens with two attached hydrogens (primary N) is 1. The van der Waals surface area contributed by atoms with E-state index >= 15 is 0 Å². The van der Waals surface area contributed by atoms with Gasteiger partial charge >= 0.3 is 11.9 Å². The van der Waals surface area contributed by atoms with Crippen LogP contribution in [0, 0.1) is 0 Å². The fourth-order valence-electron chi connectivity index (χ4n) is 4.97. The fraction of sp³-hybridized carbons (Fsp3) is 0.345. The van der Waals surface area contributed by atoms with Crippen molar-refractivity contribution in [2.24, 2.45) is 5.73 Å². The number of primary amides is 1. The van der Waals surface area contributed by atoms with Crippen LogP contribution >= 0.6 is 11.6 Å². The Morgan fingerprint density at radius 1 is 0.949 bits per heavy atom. The maximum Gasteiger partial charge on any atom is 0.328 e. The fourth-order valence-corrected chi connectivity index (χ4v) is 5.14. The second kappa shape index (κ2) is 13.4. The minimum Gasteiger partial charge on any atom is -0.478 e. The number of carboxylic acid groups (broad SMARTS) is 2. The van der Waals surface area contributed by atoms with Crippen molar-refractivity contribution in [3.8, 4) is 0 Å². The molecule has 2 aromatic carbocycles. The van der Waals surface area contributed by atoms with Crippen LogP contribution in [-0.4, -0.2) is 83.7 Å². The third-order valence-corrected chi connectivity index (χ3v) is 7.41. The highest BCUT2D eigenvalue weighted by Crippen LogP contribution is 2.37. The molecule has 0 aromatic heterocycles. The Kier molecular flexibility index (Phi) is 10.3. The van der Waals surface area contributed by atoms with Crippen LogP contribution < -0.4 is 10.6 Å². The van der Waals surface area contributed by atoms with Crippen molar-refractivity contribution in [3.05, 3.63) is 70.8 Å². The van der Waals surface area contributed by atoms with Gasteiger partial charge in [0, 0.05) is 48.2 Å². The van der Waals surface area contributed by atoms with Crippen LogP contribution in [-0.2, 0) is 14.4 Å². The van der Waals surface area contributed by atoms with Gasteiger partial charge in [-0.25, -0.2) is 9.59 Å². The molecule has 0 unspecified atom stereocenters. The van der Waals surface area contributed by atoms with E-state index in [1.54, 1.807) is 0 Å². The first-order chi connectivity index (χ1) is 18.5. The van der Waals surface area contributed by atoms with Gasteiger partial charge in [0.1, 0.15) is 5.54 Å². The zero-order valence-electron chi connectivity index (χ0n) is 22.2. The number of carboxylic acids is 2. The number of anilines is 2. The lowest BCUT2D eigenvalue weighted by atomic mass is 9.85. The highest BCUT2D eigenvalue weighted by molar-refractivity contribution is 6.31. The zero-order chi connectivity index (χ0) is 28.6. The van der Waals surface area contributed by atoms with Crippen LogP contribution in [0.15, 0.2) is 54.6 Å². The minimum atomic E-state index is -1.26. The molecule has 0 spiro atoms. The molecule has 0 bridgehead atoms. The van der Waals surface area contributed by atoms with Gasteiger partial charge in [0.05, 0.1) is 0 Å². The molecular formula is C29H35ClN4O5. The monoisotopic (exact) mass is 554 g/mol. The van der Waals surface area contributed by atoms with Crippen molar-refractivity contribution in [3.63, 3.8) is 0 Å². The number of nitrogens with zero attached hydrogens (tertiary/aromatic N) is 3. The Labute approximate surface area is 233 Å². The first kappa shape index (κ1) is 29.9. The average Bonchev–Trinajstić information content (AvgIpc) is 3.05. The van der Waals surface area contributed by atoms with Gasteiger partial charge in [-0.15, -0.1) is 0 Å². The molecule has 0 atom stereocenters. The Morgan fingerprint density at radius 2 is 1.54 bits per heavy atom. The molecule has 2 heterocycles. The van der Waals surface area contributed by atoms with E-state index in [0.717, 1.165) is 56.2 Å². The van der Waals surface area contributed by atoms with E-state index in [-0.39, 0.29) is 5.91 Å². The largest absolute Gasteiger partial charge is 0.478 e. The summed E-state index contributed by atoms with van der Waals surface area (Å²) in [5.41, 5.74) is 9.97. The van der Waals surface area contributed by atoms with Crippen molar-refractivity contribution in [2.75, 3.05) is 45.2 Å². The summed E-state index contributed by atoms with van der Waals surface area (Å²) in [7, 11) is 3.90. The Balaban J connectivity index is 0.000000459. The molecule has 2 aliphatic rings. The van der Waals surface area contributed by atoms with E-state index in [0.29, 0.717) is 12.2 Å². The third kappa shape index (κ3) is 7.69. The number of fused-ring (bicyclic) bond motifs is 2. The molecule has 0 saturated carbocycles. The number of carbonyl (C=O) groups excluding carboxylic acids is 1. The number of hydrogen-bond donors (Lipinski definition) is 3. The number of benzene rings is 2. The lowest BCUT2D eigenvalue weighted by Crippen LogP contribution is -2.60. The van der Waals surface area contributed by atoms with Crippen LogP contribution in [0.4, 0.5) is 11.4 Å². The lowest BCUT2D eigenvalue weighted by molar-refractivity contribution is -0.134. The summed E-state index contributed by atoms with van der Waals surface area (Å²) >= 11 is 6.36. The molecule has 1 fully saturated rings. The number of piperidine rings is 1. The van der Waals surface area contributed by atoms with E-state index < -0.39 is 17.5 Å². The molecule has 39 heavy (non-hydrogen) atoms. The molecule has 0 aliphatic carbocycles. The Hall–Kier alpha value is -3.66. The SMILES string of the molecule is CN(C)C1(C(N)=O)CCN(CCCN2c3ccccc3C=Cc3ccc(Cl)cc32)CC1.O=C(O)/C=C\C(=O)O. The first-order valence-electron chi connectivity index (χ1n) is 12.7. The van der Waals surface area contributed by atoms with Crippen molar-refractivity contribution < 1.29 is 24.6 Å². The number of rotatable bonds is 8. The molecule has 9 nitrogen and oxygen atoms in total. The summed E-state index contributed by atoms with van der Waals surface area (Å²) in [6, 6.07) is 14.6. The number of carbonyl (C=O) groups is 3. The smallest absolute Gasteiger partial charge is 0.328 e. The first-order valence-corrected chi connectivity index (χ1v) is 13.1. The Bertz CT molecular complexity index is 1240. The van der Waals surface area contributed by atoms with Crippen LogP contribution in [0.25, 0.3) is 12.2 Å². The second-order valence-electron chi connectivity index (χ2n) is 9.74. The van der Waals surface area contributed by atoms with Crippen molar-refractivity contribution in [1.29, 1.82) is 0 Å². The van der Waals surface area contributed by atoms with Crippen LogP contribution in [0.5, 0.6) is 0 Å². The van der Waals surface area contributed by atoms with E-state index in [4.69, 9.17) is 27.5 Å². The predicted octanol–water partition coefficient (Wildman–Crippen LogP) is 3.95. The van der Waals surface area contributed by atoms with Crippen molar-refractivity contribution >= 4 is 53.0 Å². The maximum absolute atomic E-state index is 12.1. The highest BCUT2D eigenvalue weighted by atomic mass is 35.5. The number of halogens is 1. The lowest BCUT2D eigenvalue weighted by Gasteiger charge is -2.43. The standard InChI is InChI=1S/C25H31ClN4O.C4H4O4/c1-28(2)25(24(27)31)12-16-29(17-13-25)14-5-15-30-22-7-4-3-6-19(22)8-9-20-10-11-21(26)18-23(20)30;5-3(6)1-2-4(7)8/h3-4,6-11,18H,5,12-17H2,1-2H3,(H2,27,31);1-2H,(H,5,6)(H,7,8)/b;2-1-. The zero-order valence-corrected chi connectivity index (χ0v) is 23.0. The predicted molar refractivity (Wildman–Crippen MR) is 154 cm³/mol. The summed E-state index contributed by atoms with van der Waals surface area (Å²) in [6.45, 7) is 3.67. The van der Waals surface area contributed by atoms with Gasteiger partial charge in [0.15, 0.2) is 0 Å². The highest BCUT2D eigenvalue weighted by Gasteiger charge is 2.41. The van der Waals surface area contributed by atoms with Crippen LogP contribution in [0.3, 0.4) is 0 Å². The molecule has 4 N–H and O–H groups in total. The summed E-state index contributed by atoms with van der Waals surface area (Å²) in [6.07, 6.45) is 8.04. The second-order valence-corrected chi connectivity index (χ2v) is 10.2. The van der Waals surface area contributed by atoms with Gasteiger partial charge in [-0.2, -0.15) is 0 Å². The normalized spacial score (nSPS) is 16.2. The summed E-state index contributed by atoms with van der Waals surface area (Å²) < 4.78 is 0. The van der Waals surface area contributed by atoms with E-state index in [1.165, 1.54) is 16.8 Å². The quantitative estimate of drug-likeness (QED) is 0.419. The summed E-state index contributed by atoms with van der Waals surface area (Å²) in [5, 5.41) is 16.4. The van der Waals surface area contributed by atoms with Gasteiger partial charge in [0.2, 0.25) is 5.91 Å². The molecule has 208 valence electrons. The van der Waals surface area contributed by atoms with Crippen LogP contribution in [0.1, 0.15) is 30.4 Å². The summed E-state index contributed by atoms with van der Waals surface area (Å²) in [4.78, 5) is 38.0. The maximum atomic E-state index is 12.1. The van der Waals surface area contributed by atoms with Gasteiger partial charge in [-0.1, -0.05) is 48.0 Å². The van der Waals surface area contributed by atoms with Gasteiger partial charge in [-0.05, 0) is 69.2 Å². The molecule has 4 rings (SSSR count). The average molecular weight is 555 g/mol.